The van der Waals surface area contributed by atoms with Gasteiger partial charge in [0.05, 0.1) is 23.0 Å². The molecule has 0 heterocycles. The second kappa shape index (κ2) is 10.3. The van der Waals surface area contributed by atoms with Crippen LogP contribution in [0, 0.1) is 0 Å². The third kappa shape index (κ3) is 7.05. The molecule has 10 heteroatoms. The predicted molar refractivity (Wildman–Crippen MR) is 112 cm³/mol. The first-order valence-electron chi connectivity index (χ1n) is 9.63. The maximum Gasteiger partial charge on any atom is 0.416 e. The molecule has 1 unspecified atom stereocenters. The number of likely N-dealkylation sites (N-methyl/N-ethyl adjacent to an activating group) is 1. The van der Waals surface area contributed by atoms with Crippen LogP contribution >= 0.6 is 0 Å². The number of sulfonamides is 1. The first kappa shape index (κ1) is 24.8. The van der Waals surface area contributed by atoms with Crippen LogP contribution in [0.4, 0.5) is 13.2 Å². The quantitative estimate of drug-likeness (QED) is 0.607. The van der Waals surface area contributed by atoms with Crippen LogP contribution in [0.25, 0.3) is 0 Å². The van der Waals surface area contributed by atoms with Gasteiger partial charge in [0.15, 0.2) is 0 Å². The van der Waals surface area contributed by atoms with E-state index in [1.165, 1.54) is 5.56 Å². The Hall–Kier alpha value is -2.43. The van der Waals surface area contributed by atoms with E-state index in [0.29, 0.717) is 6.07 Å². The van der Waals surface area contributed by atoms with Gasteiger partial charge in [0.1, 0.15) is 0 Å². The molecule has 0 aromatic heterocycles. The van der Waals surface area contributed by atoms with E-state index in [2.05, 4.69) is 12.2 Å². The Balaban J connectivity index is 1.98. The lowest BCUT2D eigenvalue weighted by Crippen LogP contribution is -2.40. The highest BCUT2D eigenvalue weighted by Crippen LogP contribution is 2.30. The summed E-state index contributed by atoms with van der Waals surface area (Å²) in [6.45, 7) is 1.70. The van der Waals surface area contributed by atoms with E-state index in [-0.39, 0.29) is 12.6 Å². The average molecular weight is 458 g/mol. The predicted octanol–water partition coefficient (Wildman–Crippen LogP) is 2.97. The Bertz CT molecular complexity index is 991. The Morgan fingerprint density at radius 3 is 2.29 bits per heavy atom. The Morgan fingerprint density at radius 2 is 1.74 bits per heavy atom. The molecule has 0 saturated carbocycles. The molecule has 2 rings (SSSR count). The summed E-state index contributed by atoms with van der Waals surface area (Å²) < 4.78 is 65.0. The first-order valence-corrected chi connectivity index (χ1v) is 11.1. The van der Waals surface area contributed by atoms with Gasteiger partial charge in [-0.1, -0.05) is 37.3 Å². The molecular weight excluding hydrogens is 431 g/mol. The zero-order valence-electron chi connectivity index (χ0n) is 17.5. The van der Waals surface area contributed by atoms with Crippen LogP contribution in [-0.4, -0.2) is 46.4 Å². The fourth-order valence-electron chi connectivity index (χ4n) is 2.93. The molecule has 2 N–H and O–H groups in total. The van der Waals surface area contributed by atoms with Gasteiger partial charge in [-0.3, -0.25) is 4.79 Å². The Labute approximate surface area is 180 Å². The van der Waals surface area contributed by atoms with Gasteiger partial charge < -0.3 is 10.2 Å². The number of benzene rings is 2. The van der Waals surface area contributed by atoms with Crippen molar-refractivity contribution >= 4 is 15.9 Å². The minimum atomic E-state index is -4.67. The van der Waals surface area contributed by atoms with Gasteiger partial charge in [0.25, 0.3) is 0 Å². The number of carbonyl (C=O) groups is 1. The molecule has 0 saturated heterocycles. The van der Waals surface area contributed by atoms with Crippen molar-refractivity contribution in [3.63, 3.8) is 0 Å². The monoisotopic (exact) mass is 457 g/mol. The molecule has 31 heavy (non-hydrogen) atoms. The maximum absolute atomic E-state index is 12.8. The second-order valence-corrected chi connectivity index (χ2v) is 9.00. The van der Waals surface area contributed by atoms with E-state index in [0.717, 1.165) is 30.2 Å². The molecule has 0 spiro atoms. The number of amides is 1. The summed E-state index contributed by atoms with van der Waals surface area (Å²) in [7, 11) is -0.550. The molecular formula is C21H26F3N3O3S. The van der Waals surface area contributed by atoms with Crippen LogP contribution in [0.3, 0.4) is 0 Å². The van der Waals surface area contributed by atoms with Gasteiger partial charge >= 0.3 is 6.18 Å². The molecule has 0 aliphatic carbocycles. The summed E-state index contributed by atoms with van der Waals surface area (Å²) in [5, 5.41) is 2.66. The topological polar surface area (TPSA) is 78.5 Å². The Morgan fingerprint density at radius 1 is 1.10 bits per heavy atom. The maximum atomic E-state index is 12.8. The third-order valence-corrected chi connectivity index (χ3v) is 6.18. The lowest BCUT2D eigenvalue weighted by atomic mass is 10.0. The van der Waals surface area contributed by atoms with E-state index in [1.54, 1.807) is 0 Å². The van der Waals surface area contributed by atoms with Gasteiger partial charge in [0.2, 0.25) is 15.9 Å². The molecule has 0 bridgehead atoms. The second-order valence-electron chi connectivity index (χ2n) is 7.23. The summed E-state index contributed by atoms with van der Waals surface area (Å²) >= 11 is 0. The van der Waals surface area contributed by atoms with Gasteiger partial charge in [-0.25, -0.2) is 13.1 Å². The number of aryl methyl sites for hydroxylation is 1. The van der Waals surface area contributed by atoms with Crippen molar-refractivity contribution in [2.45, 2.75) is 30.5 Å². The summed E-state index contributed by atoms with van der Waals surface area (Å²) in [6.07, 6.45) is -3.75. The van der Waals surface area contributed by atoms with Crippen LogP contribution in [0.5, 0.6) is 0 Å². The highest BCUT2D eigenvalue weighted by molar-refractivity contribution is 7.89. The van der Waals surface area contributed by atoms with Crippen molar-refractivity contribution < 1.29 is 26.4 Å². The minimum Gasteiger partial charge on any atom is -0.353 e. The highest BCUT2D eigenvalue weighted by atomic mass is 32.2. The van der Waals surface area contributed by atoms with Crippen molar-refractivity contribution in [1.82, 2.24) is 14.9 Å². The van der Waals surface area contributed by atoms with Crippen molar-refractivity contribution in [2.24, 2.45) is 0 Å². The smallest absolute Gasteiger partial charge is 0.353 e. The standard InChI is InChI=1S/C21H26F3N3O3S/c1-4-15-8-10-16(11-9-15)19(27(2)3)13-25-20(28)14-26-31(29,30)18-7-5-6-17(12-18)21(22,23)24/h5-12,19,26H,4,13-14H2,1-3H3,(H,25,28). The number of hydrogen-bond donors (Lipinski definition) is 2. The molecule has 170 valence electrons. The number of rotatable bonds is 9. The van der Waals surface area contributed by atoms with Gasteiger partial charge in [0, 0.05) is 6.54 Å². The number of hydrogen-bond acceptors (Lipinski definition) is 4. The van der Waals surface area contributed by atoms with E-state index in [1.807, 2.05) is 48.0 Å². The number of alkyl halides is 3. The summed E-state index contributed by atoms with van der Waals surface area (Å²) in [4.78, 5) is 13.5. The van der Waals surface area contributed by atoms with Crippen molar-refractivity contribution in [1.29, 1.82) is 0 Å². The van der Waals surface area contributed by atoms with Crippen LogP contribution in [0.15, 0.2) is 53.4 Å². The number of halogens is 3. The number of nitrogens with one attached hydrogen (secondary N) is 2. The molecule has 2 aromatic rings. The Kier molecular flexibility index (Phi) is 8.21. The molecule has 0 aliphatic rings. The molecule has 0 radical (unpaired) electrons. The zero-order chi connectivity index (χ0) is 23.2. The first-order chi connectivity index (χ1) is 14.4. The SMILES string of the molecule is CCc1ccc(C(CNC(=O)CNS(=O)(=O)c2cccc(C(F)(F)F)c2)N(C)C)cc1. The summed E-state index contributed by atoms with van der Waals surface area (Å²) in [5.74, 6) is -0.590. The molecule has 1 atom stereocenters. The minimum absolute atomic E-state index is 0.130. The van der Waals surface area contributed by atoms with E-state index in [4.69, 9.17) is 0 Å². The fraction of sp³-hybridized carbons (Fsp3) is 0.381. The van der Waals surface area contributed by atoms with Crippen molar-refractivity contribution in [3.8, 4) is 0 Å². The third-order valence-electron chi connectivity index (χ3n) is 4.78. The van der Waals surface area contributed by atoms with E-state index in [9.17, 15) is 26.4 Å². The van der Waals surface area contributed by atoms with Gasteiger partial charge in [-0.05, 0) is 49.8 Å². The van der Waals surface area contributed by atoms with Crippen LogP contribution in [-0.2, 0) is 27.4 Å². The normalized spacial score (nSPS) is 13.3. The van der Waals surface area contributed by atoms with Crippen molar-refractivity contribution in [2.75, 3.05) is 27.2 Å². The zero-order valence-corrected chi connectivity index (χ0v) is 18.3. The molecule has 6 nitrogen and oxygen atoms in total. The molecule has 1 amide bonds. The molecule has 2 aromatic carbocycles. The number of carbonyl (C=O) groups excluding carboxylic acids is 1. The number of nitrogens with zero attached hydrogens (tertiary/aromatic N) is 1. The van der Waals surface area contributed by atoms with Crippen LogP contribution in [0.1, 0.15) is 29.7 Å². The summed E-state index contributed by atoms with van der Waals surface area (Å²) in [6, 6.07) is 11.2. The van der Waals surface area contributed by atoms with Gasteiger partial charge in [-0.15, -0.1) is 0 Å². The van der Waals surface area contributed by atoms with Crippen molar-refractivity contribution in [3.05, 3.63) is 65.2 Å². The molecule has 0 fully saturated rings. The lowest BCUT2D eigenvalue weighted by Gasteiger charge is -2.25. The highest BCUT2D eigenvalue weighted by Gasteiger charge is 2.31. The molecule has 0 aliphatic heterocycles. The van der Waals surface area contributed by atoms with E-state index < -0.39 is 39.1 Å². The van der Waals surface area contributed by atoms with Gasteiger partial charge in [-0.2, -0.15) is 13.2 Å². The summed E-state index contributed by atoms with van der Waals surface area (Å²) in [5.41, 5.74) is 1.10. The van der Waals surface area contributed by atoms with Crippen LogP contribution in [0.2, 0.25) is 0 Å². The average Bonchev–Trinajstić information content (AvgIpc) is 2.72. The lowest BCUT2D eigenvalue weighted by molar-refractivity contribution is -0.137. The largest absolute Gasteiger partial charge is 0.416 e. The van der Waals surface area contributed by atoms with Crippen LogP contribution < -0.4 is 10.0 Å². The van der Waals surface area contributed by atoms with E-state index >= 15 is 0 Å². The fourth-order valence-corrected chi connectivity index (χ4v) is 3.96.